The second-order valence-corrected chi connectivity index (χ2v) is 5.25. The van der Waals surface area contributed by atoms with Gasteiger partial charge in [-0.2, -0.15) is 4.98 Å². The van der Waals surface area contributed by atoms with Crippen molar-refractivity contribution in [2.75, 3.05) is 0 Å². The molecule has 0 radical (unpaired) electrons. The van der Waals surface area contributed by atoms with Crippen LogP contribution in [0, 0.1) is 19.7 Å². The summed E-state index contributed by atoms with van der Waals surface area (Å²) in [7, 11) is 0. The molecule has 0 N–H and O–H groups in total. The van der Waals surface area contributed by atoms with Crippen molar-refractivity contribution >= 4 is 0 Å². The second-order valence-electron chi connectivity index (χ2n) is 5.25. The summed E-state index contributed by atoms with van der Waals surface area (Å²) in [6.45, 7) is 4.54. The second kappa shape index (κ2) is 6.09. The maximum absolute atomic E-state index is 13.6. The highest BCUT2D eigenvalue weighted by Crippen LogP contribution is 2.19. The fraction of sp³-hybridized carbons (Fsp3) is 0.312. The molecule has 2 aromatic heterocycles. The minimum atomic E-state index is -0.264. The quantitative estimate of drug-likeness (QED) is 0.725. The molecular formula is C16H17FN4O. The van der Waals surface area contributed by atoms with Crippen LogP contribution in [0.3, 0.4) is 0 Å². The maximum Gasteiger partial charge on any atom is 0.227 e. The molecule has 3 aromatic rings. The van der Waals surface area contributed by atoms with Gasteiger partial charge in [0.25, 0.3) is 0 Å². The molecule has 0 amide bonds. The first-order valence-corrected chi connectivity index (χ1v) is 7.20. The van der Waals surface area contributed by atoms with Crippen LogP contribution in [-0.4, -0.2) is 19.7 Å². The SMILES string of the molecule is Cc1ccc(-c2noc(CCCn3ccnc3C)n2)cc1F. The molecule has 6 heteroatoms. The summed E-state index contributed by atoms with van der Waals surface area (Å²) in [5.74, 6) is 1.71. The predicted molar refractivity (Wildman–Crippen MR) is 79.7 cm³/mol. The van der Waals surface area contributed by atoms with Crippen molar-refractivity contribution < 1.29 is 8.91 Å². The van der Waals surface area contributed by atoms with Crippen molar-refractivity contribution in [1.29, 1.82) is 0 Å². The molecule has 0 aliphatic heterocycles. The van der Waals surface area contributed by atoms with Crippen LogP contribution in [0.25, 0.3) is 11.4 Å². The lowest BCUT2D eigenvalue weighted by Crippen LogP contribution is -2.00. The molecule has 1 aromatic carbocycles. The molecular weight excluding hydrogens is 283 g/mol. The molecule has 2 heterocycles. The third kappa shape index (κ3) is 3.05. The Hall–Kier alpha value is -2.50. The van der Waals surface area contributed by atoms with Gasteiger partial charge >= 0.3 is 0 Å². The van der Waals surface area contributed by atoms with Gasteiger partial charge in [0.05, 0.1) is 0 Å². The normalized spacial score (nSPS) is 11.0. The zero-order valence-corrected chi connectivity index (χ0v) is 12.6. The third-order valence-electron chi connectivity index (χ3n) is 3.61. The van der Waals surface area contributed by atoms with Crippen LogP contribution in [0.4, 0.5) is 4.39 Å². The summed E-state index contributed by atoms with van der Waals surface area (Å²) < 4.78 is 20.9. The van der Waals surface area contributed by atoms with Crippen molar-refractivity contribution in [1.82, 2.24) is 19.7 Å². The lowest BCUT2D eigenvalue weighted by Gasteiger charge is -2.02. The molecule has 114 valence electrons. The maximum atomic E-state index is 13.6. The van der Waals surface area contributed by atoms with Gasteiger partial charge in [-0.1, -0.05) is 17.3 Å². The molecule has 0 aliphatic carbocycles. The van der Waals surface area contributed by atoms with Gasteiger partial charge in [0, 0.05) is 30.9 Å². The standard InChI is InChI=1S/C16H17FN4O/c1-11-5-6-13(10-14(11)17)16-19-15(22-20-16)4-3-8-21-9-7-18-12(21)2/h5-7,9-10H,3-4,8H2,1-2H3. The fourth-order valence-corrected chi connectivity index (χ4v) is 2.25. The van der Waals surface area contributed by atoms with Gasteiger partial charge in [0.1, 0.15) is 11.6 Å². The lowest BCUT2D eigenvalue weighted by atomic mass is 10.1. The Morgan fingerprint density at radius 3 is 2.86 bits per heavy atom. The van der Waals surface area contributed by atoms with Crippen LogP contribution >= 0.6 is 0 Å². The summed E-state index contributed by atoms with van der Waals surface area (Å²) in [4.78, 5) is 8.50. The molecule has 0 aliphatic rings. The van der Waals surface area contributed by atoms with Crippen molar-refractivity contribution in [3.05, 3.63) is 53.7 Å². The smallest absolute Gasteiger partial charge is 0.227 e. The Labute approximate surface area is 127 Å². The molecule has 0 atom stereocenters. The van der Waals surface area contributed by atoms with Crippen molar-refractivity contribution in [3.63, 3.8) is 0 Å². The largest absolute Gasteiger partial charge is 0.339 e. The van der Waals surface area contributed by atoms with E-state index in [2.05, 4.69) is 19.7 Å². The molecule has 0 spiro atoms. The lowest BCUT2D eigenvalue weighted by molar-refractivity contribution is 0.372. The van der Waals surface area contributed by atoms with E-state index in [1.807, 2.05) is 13.1 Å². The first-order valence-electron chi connectivity index (χ1n) is 7.20. The van der Waals surface area contributed by atoms with Gasteiger partial charge < -0.3 is 9.09 Å². The van der Waals surface area contributed by atoms with Crippen molar-refractivity contribution in [2.24, 2.45) is 0 Å². The Morgan fingerprint density at radius 2 is 2.14 bits per heavy atom. The molecule has 0 saturated heterocycles. The van der Waals surface area contributed by atoms with Gasteiger partial charge in [0.15, 0.2) is 0 Å². The molecule has 0 saturated carbocycles. The fourth-order valence-electron chi connectivity index (χ4n) is 2.25. The monoisotopic (exact) mass is 300 g/mol. The number of halogens is 1. The topological polar surface area (TPSA) is 56.7 Å². The molecule has 0 bridgehead atoms. The molecule has 3 rings (SSSR count). The zero-order valence-electron chi connectivity index (χ0n) is 12.6. The number of benzene rings is 1. The zero-order chi connectivity index (χ0) is 15.5. The highest BCUT2D eigenvalue weighted by Gasteiger charge is 2.10. The van der Waals surface area contributed by atoms with Gasteiger partial charge in [-0.25, -0.2) is 9.37 Å². The van der Waals surface area contributed by atoms with E-state index in [0.717, 1.165) is 18.8 Å². The summed E-state index contributed by atoms with van der Waals surface area (Å²) in [6, 6.07) is 4.93. The van der Waals surface area contributed by atoms with E-state index in [1.54, 1.807) is 25.3 Å². The molecule has 5 nitrogen and oxygen atoms in total. The number of hydrogen-bond donors (Lipinski definition) is 0. The van der Waals surface area contributed by atoms with Crippen LogP contribution < -0.4 is 0 Å². The van der Waals surface area contributed by atoms with Crippen LogP contribution in [0.2, 0.25) is 0 Å². The Balaban J connectivity index is 1.63. The Morgan fingerprint density at radius 1 is 1.27 bits per heavy atom. The summed E-state index contributed by atoms with van der Waals surface area (Å²) in [5, 5.41) is 3.92. The van der Waals surface area contributed by atoms with E-state index in [4.69, 9.17) is 4.52 Å². The number of nitrogens with zero attached hydrogens (tertiary/aromatic N) is 4. The van der Waals surface area contributed by atoms with Gasteiger partial charge in [-0.15, -0.1) is 0 Å². The van der Waals surface area contributed by atoms with E-state index >= 15 is 0 Å². The van der Waals surface area contributed by atoms with E-state index < -0.39 is 0 Å². The number of rotatable bonds is 5. The Kier molecular flexibility index (Phi) is 4.00. The molecule has 0 unspecified atom stereocenters. The van der Waals surface area contributed by atoms with Crippen LogP contribution in [-0.2, 0) is 13.0 Å². The third-order valence-corrected chi connectivity index (χ3v) is 3.61. The van der Waals surface area contributed by atoms with E-state index in [0.29, 0.717) is 29.3 Å². The summed E-state index contributed by atoms with van der Waals surface area (Å²) in [6.07, 6.45) is 5.29. The number of aryl methyl sites for hydroxylation is 4. The first-order chi connectivity index (χ1) is 10.6. The number of hydrogen-bond acceptors (Lipinski definition) is 4. The molecule has 22 heavy (non-hydrogen) atoms. The minimum Gasteiger partial charge on any atom is -0.339 e. The van der Waals surface area contributed by atoms with Crippen molar-refractivity contribution in [2.45, 2.75) is 33.2 Å². The Bertz CT molecular complexity index is 778. The predicted octanol–water partition coefficient (Wildman–Crippen LogP) is 3.32. The average Bonchev–Trinajstić information content (AvgIpc) is 3.12. The first kappa shape index (κ1) is 14.4. The van der Waals surface area contributed by atoms with Crippen molar-refractivity contribution in [3.8, 4) is 11.4 Å². The average molecular weight is 300 g/mol. The van der Waals surface area contributed by atoms with Gasteiger partial charge in [-0.3, -0.25) is 0 Å². The van der Waals surface area contributed by atoms with E-state index in [1.165, 1.54) is 6.07 Å². The highest BCUT2D eigenvalue weighted by atomic mass is 19.1. The summed E-state index contributed by atoms with van der Waals surface area (Å²) >= 11 is 0. The highest BCUT2D eigenvalue weighted by molar-refractivity contribution is 5.54. The minimum absolute atomic E-state index is 0.264. The number of imidazole rings is 1. The number of aromatic nitrogens is 4. The van der Waals surface area contributed by atoms with Crippen LogP contribution in [0.15, 0.2) is 35.1 Å². The van der Waals surface area contributed by atoms with Gasteiger partial charge in [-0.05, 0) is 31.9 Å². The van der Waals surface area contributed by atoms with Crippen LogP contribution in [0.1, 0.15) is 23.7 Å². The van der Waals surface area contributed by atoms with E-state index in [-0.39, 0.29) is 5.82 Å². The molecule has 0 fully saturated rings. The summed E-state index contributed by atoms with van der Waals surface area (Å²) in [5.41, 5.74) is 1.23. The van der Waals surface area contributed by atoms with Gasteiger partial charge in [0.2, 0.25) is 11.7 Å². The van der Waals surface area contributed by atoms with Crippen LogP contribution in [0.5, 0.6) is 0 Å². The van der Waals surface area contributed by atoms with E-state index in [9.17, 15) is 4.39 Å².